The Balaban J connectivity index is 1.74. The maximum Gasteiger partial charge on any atom is 0.166 e. The molecule has 0 saturated heterocycles. The normalized spacial score (nSPS) is 10.3. The Morgan fingerprint density at radius 1 is 0.885 bits per heavy atom. The first kappa shape index (κ1) is 20.0. The SMILES string of the molecule is COc1ccc(OC)c(CCNC(=S)NCCc2ccc(C)c(C)c2)c1. The Labute approximate surface area is 161 Å². The first-order valence-corrected chi connectivity index (χ1v) is 9.23. The molecular formula is C21H28N2O2S. The third-order valence-electron chi connectivity index (χ3n) is 4.44. The van der Waals surface area contributed by atoms with Gasteiger partial charge in [-0.25, -0.2) is 0 Å². The molecule has 0 fully saturated rings. The highest BCUT2D eigenvalue weighted by Gasteiger charge is 2.05. The second kappa shape index (κ2) is 10.0. The summed E-state index contributed by atoms with van der Waals surface area (Å²) in [5.74, 6) is 1.69. The van der Waals surface area contributed by atoms with Gasteiger partial charge in [0.05, 0.1) is 14.2 Å². The molecule has 5 heteroatoms. The van der Waals surface area contributed by atoms with E-state index in [0.717, 1.165) is 43.0 Å². The molecular weight excluding hydrogens is 344 g/mol. The van der Waals surface area contributed by atoms with E-state index < -0.39 is 0 Å². The Morgan fingerprint density at radius 3 is 2.27 bits per heavy atom. The Kier molecular flexibility index (Phi) is 7.73. The zero-order valence-corrected chi connectivity index (χ0v) is 16.8. The largest absolute Gasteiger partial charge is 0.497 e. The van der Waals surface area contributed by atoms with E-state index in [0.29, 0.717) is 5.11 Å². The number of nitrogens with one attached hydrogen (secondary N) is 2. The maximum atomic E-state index is 5.40. The lowest BCUT2D eigenvalue weighted by Gasteiger charge is -2.13. The van der Waals surface area contributed by atoms with Crippen LogP contribution in [0.3, 0.4) is 0 Å². The number of hydrogen-bond acceptors (Lipinski definition) is 3. The third-order valence-corrected chi connectivity index (χ3v) is 4.73. The first-order valence-electron chi connectivity index (χ1n) is 8.82. The summed E-state index contributed by atoms with van der Waals surface area (Å²) in [7, 11) is 3.34. The molecule has 2 aromatic rings. The van der Waals surface area contributed by atoms with Crippen molar-refractivity contribution in [2.45, 2.75) is 26.7 Å². The van der Waals surface area contributed by atoms with Crippen molar-refractivity contribution in [2.24, 2.45) is 0 Å². The van der Waals surface area contributed by atoms with Crippen molar-refractivity contribution >= 4 is 17.3 Å². The van der Waals surface area contributed by atoms with Crippen molar-refractivity contribution in [3.8, 4) is 11.5 Å². The second-order valence-electron chi connectivity index (χ2n) is 6.28. The van der Waals surface area contributed by atoms with Gasteiger partial charge >= 0.3 is 0 Å². The molecule has 0 aliphatic rings. The van der Waals surface area contributed by atoms with Gasteiger partial charge in [-0.1, -0.05) is 18.2 Å². The van der Waals surface area contributed by atoms with Gasteiger partial charge in [-0.2, -0.15) is 0 Å². The van der Waals surface area contributed by atoms with E-state index in [1.165, 1.54) is 16.7 Å². The average molecular weight is 373 g/mol. The molecule has 140 valence electrons. The molecule has 2 rings (SSSR count). The van der Waals surface area contributed by atoms with E-state index in [1.54, 1.807) is 14.2 Å². The van der Waals surface area contributed by atoms with Crippen LogP contribution in [0, 0.1) is 13.8 Å². The van der Waals surface area contributed by atoms with Gasteiger partial charge in [-0.3, -0.25) is 0 Å². The van der Waals surface area contributed by atoms with Crippen LogP contribution in [-0.2, 0) is 12.8 Å². The van der Waals surface area contributed by atoms with Gasteiger partial charge < -0.3 is 20.1 Å². The van der Waals surface area contributed by atoms with E-state index in [-0.39, 0.29) is 0 Å². The lowest BCUT2D eigenvalue weighted by Crippen LogP contribution is -2.37. The standard InChI is InChI=1S/C21H28N2O2S/c1-15-5-6-17(13-16(15)2)9-11-22-21(26)23-12-10-18-14-19(24-3)7-8-20(18)25-4/h5-8,13-14H,9-12H2,1-4H3,(H2,22,23,26). The molecule has 0 radical (unpaired) electrons. The van der Waals surface area contributed by atoms with Crippen molar-refractivity contribution in [2.75, 3.05) is 27.3 Å². The molecule has 0 saturated carbocycles. The van der Waals surface area contributed by atoms with Crippen LogP contribution in [0.2, 0.25) is 0 Å². The van der Waals surface area contributed by atoms with Crippen LogP contribution in [0.1, 0.15) is 22.3 Å². The fourth-order valence-corrected chi connectivity index (χ4v) is 2.93. The molecule has 0 aliphatic carbocycles. The number of thiocarbonyl (C=S) groups is 1. The summed E-state index contributed by atoms with van der Waals surface area (Å²) < 4.78 is 10.7. The van der Waals surface area contributed by atoms with Gasteiger partial charge in [0.25, 0.3) is 0 Å². The summed E-state index contributed by atoms with van der Waals surface area (Å²) >= 11 is 5.36. The van der Waals surface area contributed by atoms with Crippen LogP contribution >= 0.6 is 12.2 Å². The number of hydrogen-bond donors (Lipinski definition) is 2. The Hall–Kier alpha value is -2.27. The van der Waals surface area contributed by atoms with Gasteiger partial charge in [-0.15, -0.1) is 0 Å². The van der Waals surface area contributed by atoms with Crippen LogP contribution < -0.4 is 20.1 Å². The van der Waals surface area contributed by atoms with Gasteiger partial charge in [-0.05, 0) is 79.4 Å². The smallest absolute Gasteiger partial charge is 0.166 e. The summed E-state index contributed by atoms with van der Waals surface area (Å²) in [4.78, 5) is 0. The molecule has 0 amide bonds. The molecule has 2 aromatic carbocycles. The average Bonchev–Trinajstić information content (AvgIpc) is 2.64. The quantitative estimate of drug-likeness (QED) is 0.694. The molecule has 0 atom stereocenters. The highest BCUT2D eigenvalue weighted by atomic mass is 32.1. The minimum absolute atomic E-state index is 0.677. The van der Waals surface area contributed by atoms with E-state index >= 15 is 0 Å². The van der Waals surface area contributed by atoms with Gasteiger partial charge in [0, 0.05) is 13.1 Å². The molecule has 0 unspecified atom stereocenters. The highest BCUT2D eigenvalue weighted by molar-refractivity contribution is 7.80. The molecule has 26 heavy (non-hydrogen) atoms. The third kappa shape index (κ3) is 5.92. The maximum absolute atomic E-state index is 5.40. The number of ether oxygens (including phenoxy) is 2. The molecule has 2 N–H and O–H groups in total. The summed E-state index contributed by atoms with van der Waals surface area (Å²) in [5, 5.41) is 7.19. The van der Waals surface area contributed by atoms with Gasteiger partial charge in [0.15, 0.2) is 5.11 Å². The van der Waals surface area contributed by atoms with E-state index in [4.69, 9.17) is 21.7 Å². The highest BCUT2D eigenvalue weighted by Crippen LogP contribution is 2.24. The fourth-order valence-electron chi connectivity index (χ4n) is 2.73. The molecule has 0 bridgehead atoms. The summed E-state index contributed by atoms with van der Waals surface area (Å²) in [5.41, 5.74) is 5.07. The van der Waals surface area contributed by atoms with E-state index in [9.17, 15) is 0 Å². The number of methoxy groups -OCH3 is 2. The Bertz CT molecular complexity index is 747. The zero-order valence-electron chi connectivity index (χ0n) is 16.0. The Morgan fingerprint density at radius 2 is 1.62 bits per heavy atom. The molecule has 0 spiro atoms. The lowest BCUT2D eigenvalue weighted by atomic mass is 10.0. The van der Waals surface area contributed by atoms with Gasteiger partial charge in [0.2, 0.25) is 0 Å². The van der Waals surface area contributed by atoms with Crippen molar-refractivity contribution in [3.05, 3.63) is 58.7 Å². The topological polar surface area (TPSA) is 42.5 Å². The second-order valence-corrected chi connectivity index (χ2v) is 6.69. The van der Waals surface area contributed by atoms with Crippen LogP contribution in [0.5, 0.6) is 11.5 Å². The summed E-state index contributed by atoms with van der Waals surface area (Å²) in [6, 6.07) is 12.4. The van der Waals surface area contributed by atoms with Crippen molar-refractivity contribution in [3.63, 3.8) is 0 Å². The molecule has 0 heterocycles. The van der Waals surface area contributed by atoms with Gasteiger partial charge in [0.1, 0.15) is 11.5 Å². The van der Waals surface area contributed by atoms with Crippen molar-refractivity contribution in [1.82, 2.24) is 10.6 Å². The number of aryl methyl sites for hydroxylation is 2. The van der Waals surface area contributed by atoms with Crippen LogP contribution in [-0.4, -0.2) is 32.4 Å². The summed E-state index contributed by atoms with van der Waals surface area (Å²) in [6.07, 6.45) is 1.76. The first-order chi connectivity index (χ1) is 12.5. The minimum atomic E-state index is 0.677. The van der Waals surface area contributed by atoms with E-state index in [2.05, 4.69) is 42.7 Å². The fraction of sp³-hybridized carbons (Fsp3) is 0.381. The lowest BCUT2D eigenvalue weighted by molar-refractivity contribution is 0.398. The predicted molar refractivity (Wildman–Crippen MR) is 111 cm³/mol. The van der Waals surface area contributed by atoms with Crippen LogP contribution in [0.4, 0.5) is 0 Å². The monoisotopic (exact) mass is 372 g/mol. The number of benzene rings is 2. The van der Waals surface area contributed by atoms with E-state index in [1.807, 2.05) is 18.2 Å². The molecule has 0 aliphatic heterocycles. The molecule has 4 nitrogen and oxygen atoms in total. The minimum Gasteiger partial charge on any atom is -0.497 e. The van der Waals surface area contributed by atoms with Crippen LogP contribution in [0.25, 0.3) is 0 Å². The van der Waals surface area contributed by atoms with Crippen LogP contribution in [0.15, 0.2) is 36.4 Å². The summed E-state index contributed by atoms with van der Waals surface area (Å²) in [6.45, 7) is 5.83. The zero-order chi connectivity index (χ0) is 18.9. The van der Waals surface area contributed by atoms with Crippen molar-refractivity contribution < 1.29 is 9.47 Å². The molecule has 0 aromatic heterocycles. The number of rotatable bonds is 8. The van der Waals surface area contributed by atoms with Crippen molar-refractivity contribution in [1.29, 1.82) is 0 Å². The predicted octanol–water partition coefficient (Wildman–Crippen LogP) is 3.57.